The van der Waals surface area contributed by atoms with Gasteiger partial charge in [-0.05, 0) is 24.3 Å². The van der Waals surface area contributed by atoms with E-state index in [-0.39, 0.29) is 45.1 Å². The van der Waals surface area contributed by atoms with Crippen LogP contribution in [0.1, 0.15) is 54.3 Å². The smallest absolute Gasteiger partial charge is 0.266 e. The fraction of sp³-hybridized carbons (Fsp3) is 0.111. The topological polar surface area (TPSA) is 144 Å². The molecule has 6 N–H and O–H groups in total. The molecule has 0 aliphatic heterocycles. The second-order valence-electron chi connectivity index (χ2n) is 5.63. The molecule has 0 saturated carbocycles. The van der Waals surface area contributed by atoms with E-state index < -0.39 is 23.4 Å². The molecule has 2 aromatic rings. The normalized spacial score (nSPS) is 10.3. The van der Waals surface area contributed by atoms with Crippen molar-refractivity contribution in [2.24, 2.45) is 11.7 Å². The number of nitrogens with two attached hydrogens (primary N) is 2. The van der Waals surface area contributed by atoms with Gasteiger partial charge in [0.2, 0.25) is 0 Å². The highest BCUT2D eigenvalue weighted by molar-refractivity contribution is 6.38. The molecule has 2 amide bonds. The first-order valence-electron chi connectivity index (χ1n) is 7.97. The number of nitrogens with one attached hydrogen (secondary N) is 2. The lowest BCUT2D eigenvalue weighted by atomic mass is 9.99. The lowest BCUT2D eigenvalue weighted by Gasteiger charge is -2.09. The first kappa shape index (κ1) is 21.5. The molecule has 2 aromatic carbocycles. The van der Waals surface area contributed by atoms with Crippen molar-refractivity contribution in [2.75, 3.05) is 0 Å². The molecule has 0 aromatic heterocycles. The molecule has 8 nitrogen and oxygen atoms in total. The van der Waals surface area contributed by atoms with E-state index in [1.165, 1.54) is 36.4 Å². The van der Waals surface area contributed by atoms with Crippen LogP contribution in [0.4, 0.5) is 0 Å². The minimum Gasteiger partial charge on any atom is -0.294 e. The van der Waals surface area contributed by atoms with Crippen LogP contribution in [-0.4, -0.2) is 23.4 Å². The Morgan fingerprint density at radius 2 is 1.00 bits per heavy atom. The fourth-order valence-corrected chi connectivity index (χ4v) is 3.13. The predicted molar refractivity (Wildman–Crippen MR) is 104 cm³/mol. The van der Waals surface area contributed by atoms with Gasteiger partial charge in [-0.2, -0.15) is 0 Å². The Bertz CT molecular complexity index is 885. The maximum atomic E-state index is 12.5. The van der Waals surface area contributed by atoms with E-state index in [0.717, 1.165) is 0 Å². The van der Waals surface area contributed by atoms with Crippen LogP contribution in [0.5, 0.6) is 0 Å². The van der Waals surface area contributed by atoms with Crippen LogP contribution in [0.25, 0.3) is 0 Å². The number of ketones is 2. The average molecular weight is 423 g/mol. The van der Waals surface area contributed by atoms with Gasteiger partial charge in [-0.1, -0.05) is 35.3 Å². The van der Waals surface area contributed by atoms with Gasteiger partial charge in [-0.25, -0.2) is 11.7 Å². The van der Waals surface area contributed by atoms with Crippen molar-refractivity contribution in [1.29, 1.82) is 0 Å². The summed E-state index contributed by atoms with van der Waals surface area (Å²) >= 11 is 12.2. The van der Waals surface area contributed by atoms with Crippen LogP contribution in [0.2, 0.25) is 10.0 Å². The van der Waals surface area contributed by atoms with Gasteiger partial charge in [0.05, 0.1) is 21.2 Å². The number of rotatable bonds is 7. The molecule has 0 atom stereocenters. The molecule has 10 heteroatoms. The number of carbonyl (C=O) groups is 4. The van der Waals surface area contributed by atoms with E-state index in [1.54, 1.807) is 0 Å². The summed E-state index contributed by atoms with van der Waals surface area (Å²) in [6.45, 7) is 0. The lowest BCUT2D eigenvalue weighted by molar-refractivity contribution is 0.0915. The Balaban J connectivity index is 2.17. The minimum atomic E-state index is -0.641. The zero-order valence-electron chi connectivity index (χ0n) is 14.4. The highest BCUT2D eigenvalue weighted by atomic mass is 35.5. The molecule has 2 rings (SSSR count). The van der Waals surface area contributed by atoms with Gasteiger partial charge in [0.1, 0.15) is 0 Å². The SMILES string of the molecule is NNC(=O)c1cccc(C(=O)CCC(=O)c2cccc(C(=O)NN)c2Cl)c1Cl. The van der Waals surface area contributed by atoms with Gasteiger partial charge in [0, 0.05) is 24.0 Å². The van der Waals surface area contributed by atoms with Crippen LogP contribution in [0.3, 0.4) is 0 Å². The highest BCUT2D eigenvalue weighted by Crippen LogP contribution is 2.25. The van der Waals surface area contributed by atoms with Crippen LogP contribution in [-0.2, 0) is 0 Å². The van der Waals surface area contributed by atoms with Crippen molar-refractivity contribution in [3.8, 4) is 0 Å². The van der Waals surface area contributed by atoms with Crippen molar-refractivity contribution < 1.29 is 19.2 Å². The number of hydrogen-bond donors (Lipinski definition) is 4. The first-order chi connectivity index (χ1) is 13.3. The second-order valence-corrected chi connectivity index (χ2v) is 6.38. The monoisotopic (exact) mass is 422 g/mol. The van der Waals surface area contributed by atoms with Crippen molar-refractivity contribution in [3.63, 3.8) is 0 Å². The van der Waals surface area contributed by atoms with Gasteiger partial charge in [-0.15, -0.1) is 0 Å². The summed E-state index contributed by atoms with van der Waals surface area (Å²) in [5.41, 5.74) is 4.16. The number of amides is 2. The Labute approximate surface area is 170 Å². The molecule has 0 radical (unpaired) electrons. The largest absolute Gasteiger partial charge is 0.294 e. The van der Waals surface area contributed by atoms with Crippen molar-refractivity contribution >= 4 is 46.6 Å². The minimum absolute atomic E-state index is 0.0462. The maximum absolute atomic E-state index is 12.5. The number of hydrazine groups is 2. The Morgan fingerprint density at radius 1 is 0.679 bits per heavy atom. The molecule has 0 aliphatic carbocycles. The third-order valence-electron chi connectivity index (χ3n) is 3.93. The zero-order chi connectivity index (χ0) is 20.8. The Hall–Kier alpha value is -2.78. The van der Waals surface area contributed by atoms with Crippen LogP contribution in [0, 0.1) is 0 Å². The van der Waals surface area contributed by atoms with E-state index >= 15 is 0 Å². The fourth-order valence-electron chi connectivity index (χ4n) is 2.50. The molecule has 0 spiro atoms. The molecule has 0 fully saturated rings. The van der Waals surface area contributed by atoms with E-state index in [0.29, 0.717) is 0 Å². The number of hydrogen-bond acceptors (Lipinski definition) is 6. The number of carbonyl (C=O) groups excluding carboxylic acids is 4. The molecule has 0 unspecified atom stereocenters. The molecular formula is C18H16Cl2N4O4. The lowest BCUT2D eigenvalue weighted by Crippen LogP contribution is -2.30. The second kappa shape index (κ2) is 9.43. The molecule has 0 saturated heterocycles. The van der Waals surface area contributed by atoms with Crippen molar-refractivity contribution in [2.45, 2.75) is 12.8 Å². The van der Waals surface area contributed by atoms with E-state index in [4.69, 9.17) is 34.9 Å². The third kappa shape index (κ3) is 4.55. The number of halogens is 2. The summed E-state index contributed by atoms with van der Waals surface area (Å²) in [5.74, 6) is 8.02. The summed E-state index contributed by atoms with van der Waals surface area (Å²) in [4.78, 5) is 48.2. The highest BCUT2D eigenvalue weighted by Gasteiger charge is 2.20. The number of benzene rings is 2. The van der Waals surface area contributed by atoms with E-state index in [2.05, 4.69) is 0 Å². The van der Waals surface area contributed by atoms with Gasteiger partial charge < -0.3 is 0 Å². The maximum Gasteiger partial charge on any atom is 0.266 e. The molecular weight excluding hydrogens is 407 g/mol. The van der Waals surface area contributed by atoms with Crippen LogP contribution in [0.15, 0.2) is 36.4 Å². The number of Topliss-reactive ketones (excluding diaryl/α,β-unsaturated/α-hetero) is 2. The van der Waals surface area contributed by atoms with Gasteiger partial charge >= 0.3 is 0 Å². The summed E-state index contributed by atoms with van der Waals surface area (Å²) in [6, 6.07) is 8.69. The van der Waals surface area contributed by atoms with E-state index in [9.17, 15) is 19.2 Å². The summed E-state index contributed by atoms with van der Waals surface area (Å²) in [6.07, 6.45) is -0.341. The quantitative estimate of drug-likeness (QED) is 0.232. The average Bonchev–Trinajstić information content (AvgIpc) is 2.70. The van der Waals surface area contributed by atoms with Gasteiger partial charge in [0.25, 0.3) is 11.8 Å². The Kier molecular flexibility index (Phi) is 7.24. The summed E-state index contributed by atoms with van der Waals surface area (Å²) in [7, 11) is 0. The first-order valence-corrected chi connectivity index (χ1v) is 8.72. The summed E-state index contributed by atoms with van der Waals surface area (Å²) in [5, 5.41) is -0.106. The molecule has 146 valence electrons. The van der Waals surface area contributed by atoms with Crippen molar-refractivity contribution in [1.82, 2.24) is 10.9 Å². The van der Waals surface area contributed by atoms with Crippen LogP contribution < -0.4 is 22.5 Å². The zero-order valence-corrected chi connectivity index (χ0v) is 15.9. The van der Waals surface area contributed by atoms with Crippen LogP contribution >= 0.6 is 23.2 Å². The third-order valence-corrected chi connectivity index (χ3v) is 4.74. The van der Waals surface area contributed by atoms with Crippen molar-refractivity contribution in [3.05, 3.63) is 68.7 Å². The predicted octanol–water partition coefficient (Wildman–Crippen LogP) is 2.05. The Morgan fingerprint density at radius 3 is 1.32 bits per heavy atom. The molecule has 0 heterocycles. The molecule has 0 aliphatic rings. The van der Waals surface area contributed by atoms with Gasteiger partial charge in [0.15, 0.2) is 11.6 Å². The summed E-state index contributed by atoms with van der Waals surface area (Å²) < 4.78 is 0. The standard InChI is InChI=1S/C18H16Cl2N4O4/c19-15-9(3-1-5-11(15)17(27)23-21)13(25)7-8-14(26)10-4-2-6-12(16(10)20)18(28)24-22/h1-6H,7-8,21-22H2,(H,23,27)(H,24,28). The molecule has 28 heavy (non-hydrogen) atoms. The molecule has 0 bridgehead atoms. The van der Waals surface area contributed by atoms with Gasteiger partial charge in [-0.3, -0.25) is 30.0 Å². The number of nitrogen functional groups attached to an aromatic ring is 2. The van der Waals surface area contributed by atoms with E-state index in [1.807, 2.05) is 10.9 Å².